The molecule has 146 valence electrons. The third-order valence-corrected chi connectivity index (χ3v) is 4.35. The number of halogens is 4. The lowest BCUT2D eigenvalue weighted by Gasteiger charge is -2.18. The fraction of sp³-hybridized carbons (Fsp3) is 0.211. The molecule has 0 saturated carbocycles. The maximum absolute atomic E-state index is 14.5. The minimum atomic E-state index is -0.885. The van der Waals surface area contributed by atoms with Crippen LogP contribution in [0.25, 0.3) is 5.69 Å². The van der Waals surface area contributed by atoms with Gasteiger partial charge < -0.3 is 4.74 Å². The quantitative estimate of drug-likeness (QED) is 0.597. The van der Waals surface area contributed by atoms with Crippen LogP contribution in [0.4, 0.5) is 13.2 Å². The zero-order valence-corrected chi connectivity index (χ0v) is 15.9. The van der Waals surface area contributed by atoms with E-state index in [0.717, 1.165) is 16.8 Å². The normalized spacial score (nSPS) is 12.1. The summed E-state index contributed by atoms with van der Waals surface area (Å²) in [6, 6.07) is 3.33. The van der Waals surface area contributed by atoms with Crippen LogP contribution < -0.4 is 10.3 Å². The highest BCUT2D eigenvalue weighted by molar-refractivity contribution is 6.29. The first-order chi connectivity index (χ1) is 13.2. The number of aromatic nitrogens is 3. The maximum Gasteiger partial charge on any atom is 0.259 e. The molecule has 28 heavy (non-hydrogen) atoms. The van der Waals surface area contributed by atoms with E-state index in [1.54, 1.807) is 13.8 Å². The average molecular weight is 410 g/mol. The van der Waals surface area contributed by atoms with Crippen LogP contribution in [0.5, 0.6) is 5.75 Å². The van der Waals surface area contributed by atoms with E-state index in [0.29, 0.717) is 17.3 Å². The number of rotatable bonds is 4. The summed E-state index contributed by atoms with van der Waals surface area (Å²) in [6.45, 7) is 4.70. The number of pyridine rings is 3. The van der Waals surface area contributed by atoms with E-state index in [4.69, 9.17) is 16.3 Å². The summed E-state index contributed by atoms with van der Waals surface area (Å²) < 4.78 is 48.1. The molecule has 0 amide bonds. The first-order valence-electron chi connectivity index (χ1n) is 8.21. The van der Waals surface area contributed by atoms with E-state index in [2.05, 4.69) is 9.97 Å². The molecule has 0 saturated heterocycles. The van der Waals surface area contributed by atoms with Crippen LogP contribution in [-0.2, 0) is 0 Å². The highest BCUT2D eigenvalue weighted by Gasteiger charge is 2.19. The van der Waals surface area contributed by atoms with Gasteiger partial charge in [0.05, 0.1) is 11.9 Å². The molecule has 3 aromatic rings. The molecular formula is C19H15ClF3N3O2. The summed E-state index contributed by atoms with van der Waals surface area (Å²) >= 11 is 5.74. The first kappa shape index (κ1) is 19.9. The monoisotopic (exact) mass is 409 g/mol. The van der Waals surface area contributed by atoms with E-state index in [1.807, 2.05) is 0 Å². The molecule has 0 bridgehead atoms. The van der Waals surface area contributed by atoms with Gasteiger partial charge in [0, 0.05) is 30.1 Å². The molecule has 0 fully saturated rings. The fourth-order valence-corrected chi connectivity index (χ4v) is 2.97. The molecular weight excluding hydrogens is 395 g/mol. The van der Waals surface area contributed by atoms with Crippen molar-refractivity contribution < 1.29 is 17.9 Å². The Hall–Kier alpha value is -2.87. The van der Waals surface area contributed by atoms with Crippen LogP contribution in [0.3, 0.4) is 0 Å². The van der Waals surface area contributed by atoms with Gasteiger partial charge in [-0.3, -0.25) is 14.3 Å². The van der Waals surface area contributed by atoms with Crippen LogP contribution in [-0.4, -0.2) is 14.5 Å². The van der Waals surface area contributed by atoms with E-state index >= 15 is 0 Å². The molecule has 0 aliphatic rings. The maximum atomic E-state index is 14.5. The van der Waals surface area contributed by atoms with E-state index in [9.17, 15) is 18.0 Å². The van der Waals surface area contributed by atoms with Crippen molar-refractivity contribution in [2.24, 2.45) is 0 Å². The number of aryl methyl sites for hydroxylation is 2. The number of hydrogen-bond donors (Lipinski definition) is 0. The topological polar surface area (TPSA) is 57.0 Å². The summed E-state index contributed by atoms with van der Waals surface area (Å²) in [6.07, 6.45) is 1.35. The van der Waals surface area contributed by atoms with Gasteiger partial charge in [0.15, 0.2) is 16.8 Å². The van der Waals surface area contributed by atoms with E-state index in [-0.39, 0.29) is 22.3 Å². The van der Waals surface area contributed by atoms with Gasteiger partial charge in [-0.15, -0.1) is 0 Å². The van der Waals surface area contributed by atoms with Gasteiger partial charge in [-0.1, -0.05) is 11.6 Å². The standard InChI is InChI=1S/C19H15ClF3N3O2/c1-9-7-25-19(20)16(23)18(9)26-10(2)4-13(6-15(26)27)28-11(3)17-14(22)5-12(21)8-24-17/h4-8,11H,1-3H3. The molecule has 0 aliphatic heterocycles. The molecule has 5 nitrogen and oxygen atoms in total. The van der Waals surface area contributed by atoms with Crippen LogP contribution in [0.2, 0.25) is 5.15 Å². The molecule has 0 N–H and O–H groups in total. The Labute approximate surface area is 163 Å². The molecule has 9 heteroatoms. The molecule has 3 rings (SSSR count). The van der Waals surface area contributed by atoms with Gasteiger partial charge >= 0.3 is 0 Å². The Morgan fingerprint density at radius 3 is 2.46 bits per heavy atom. The van der Waals surface area contributed by atoms with Crippen molar-refractivity contribution >= 4 is 11.6 Å². The SMILES string of the molecule is Cc1cnc(Cl)c(F)c1-n1c(C)cc(OC(C)c2ncc(F)cc2F)cc1=O. The minimum Gasteiger partial charge on any atom is -0.484 e. The summed E-state index contributed by atoms with van der Waals surface area (Å²) in [5.74, 6) is -2.34. The van der Waals surface area contributed by atoms with Crippen molar-refractivity contribution in [3.63, 3.8) is 0 Å². The summed E-state index contributed by atoms with van der Waals surface area (Å²) in [5.41, 5.74) is 0.108. The molecule has 0 spiro atoms. The number of ether oxygens (including phenoxy) is 1. The van der Waals surface area contributed by atoms with Crippen LogP contribution in [0.15, 0.2) is 35.4 Å². The van der Waals surface area contributed by atoms with E-state index in [1.165, 1.54) is 19.2 Å². The van der Waals surface area contributed by atoms with Crippen molar-refractivity contribution in [3.8, 4) is 11.4 Å². The summed E-state index contributed by atoms with van der Waals surface area (Å²) in [7, 11) is 0. The highest BCUT2D eigenvalue weighted by Crippen LogP contribution is 2.26. The second kappa shape index (κ2) is 7.63. The fourth-order valence-electron chi connectivity index (χ4n) is 2.83. The van der Waals surface area contributed by atoms with Crippen molar-refractivity contribution in [1.82, 2.24) is 14.5 Å². The van der Waals surface area contributed by atoms with Gasteiger partial charge in [-0.05, 0) is 26.3 Å². The number of hydrogen-bond acceptors (Lipinski definition) is 4. The molecule has 0 radical (unpaired) electrons. The second-order valence-electron chi connectivity index (χ2n) is 6.18. The van der Waals surface area contributed by atoms with Crippen LogP contribution in [0.1, 0.15) is 30.0 Å². The van der Waals surface area contributed by atoms with Crippen molar-refractivity contribution in [2.45, 2.75) is 26.9 Å². The number of nitrogens with zero attached hydrogens (tertiary/aromatic N) is 3. The lowest BCUT2D eigenvalue weighted by Crippen LogP contribution is -2.22. The van der Waals surface area contributed by atoms with Gasteiger partial charge in [0.25, 0.3) is 5.56 Å². The van der Waals surface area contributed by atoms with E-state index < -0.39 is 29.1 Å². The van der Waals surface area contributed by atoms with Gasteiger partial charge in [0.1, 0.15) is 23.4 Å². The zero-order chi connectivity index (χ0) is 20.6. The van der Waals surface area contributed by atoms with Crippen LogP contribution in [0, 0.1) is 31.3 Å². The van der Waals surface area contributed by atoms with Gasteiger partial charge in [-0.2, -0.15) is 0 Å². The Morgan fingerprint density at radius 1 is 1.11 bits per heavy atom. The first-order valence-corrected chi connectivity index (χ1v) is 8.59. The molecule has 1 atom stereocenters. The van der Waals surface area contributed by atoms with Crippen molar-refractivity contribution in [3.05, 3.63) is 80.5 Å². The molecule has 3 heterocycles. The Morgan fingerprint density at radius 2 is 1.82 bits per heavy atom. The van der Waals surface area contributed by atoms with Crippen LogP contribution >= 0.6 is 11.6 Å². The summed E-state index contributed by atoms with van der Waals surface area (Å²) in [5, 5.41) is -0.348. The zero-order valence-electron chi connectivity index (χ0n) is 15.1. The largest absolute Gasteiger partial charge is 0.484 e. The average Bonchev–Trinajstić information content (AvgIpc) is 2.60. The van der Waals surface area contributed by atoms with Gasteiger partial charge in [-0.25, -0.2) is 18.2 Å². The van der Waals surface area contributed by atoms with Crippen molar-refractivity contribution in [1.29, 1.82) is 0 Å². The van der Waals surface area contributed by atoms with Crippen molar-refractivity contribution in [2.75, 3.05) is 0 Å². The third kappa shape index (κ3) is 3.73. The van der Waals surface area contributed by atoms with Gasteiger partial charge in [0.2, 0.25) is 0 Å². The molecule has 0 aromatic carbocycles. The second-order valence-corrected chi connectivity index (χ2v) is 6.54. The summed E-state index contributed by atoms with van der Waals surface area (Å²) in [4.78, 5) is 20.0. The third-order valence-electron chi connectivity index (χ3n) is 4.08. The lowest BCUT2D eigenvalue weighted by molar-refractivity contribution is 0.214. The smallest absolute Gasteiger partial charge is 0.259 e. The molecule has 0 aliphatic carbocycles. The minimum absolute atomic E-state index is 0.00616. The predicted octanol–water partition coefficient (Wildman–Crippen LogP) is 4.46. The predicted molar refractivity (Wildman–Crippen MR) is 97.5 cm³/mol. The molecule has 3 aromatic heterocycles. The lowest BCUT2D eigenvalue weighted by atomic mass is 10.2. The Balaban J connectivity index is 1.99. The Bertz CT molecular complexity index is 1120. The Kier molecular flexibility index (Phi) is 5.42. The highest BCUT2D eigenvalue weighted by atomic mass is 35.5. The molecule has 1 unspecified atom stereocenters.